The Morgan fingerprint density at radius 1 is 1.04 bits per heavy atom. The fourth-order valence-corrected chi connectivity index (χ4v) is 3.16. The molecule has 1 aromatic heterocycles. The zero-order chi connectivity index (χ0) is 19.3. The predicted molar refractivity (Wildman–Crippen MR) is 104 cm³/mol. The van der Waals surface area contributed by atoms with E-state index in [1.807, 2.05) is 67.6 Å². The normalized spacial score (nSPS) is 14.5. The molecular weight excluding hydrogens is 356 g/mol. The molecule has 1 aliphatic heterocycles. The molecule has 2 heterocycles. The van der Waals surface area contributed by atoms with Gasteiger partial charge in [-0.05, 0) is 42.3 Å². The molecule has 2 atom stereocenters. The lowest BCUT2D eigenvalue weighted by Gasteiger charge is -2.22. The second kappa shape index (κ2) is 8.19. The maximum absolute atomic E-state index is 12.6. The van der Waals surface area contributed by atoms with E-state index in [0.717, 1.165) is 22.6 Å². The van der Waals surface area contributed by atoms with E-state index >= 15 is 0 Å². The van der Waals surface area contributed by atoms with Crippen LogP contribution >= 0.6 is 0 Å². The summed E-state index contributed by atoms with van der Waals surface area (Å²) >= 11 is 0. The van der Waals surface area contributed by atoms with Gasteiger partial charge < -0.3 is 19.2 Å². The number of amides is 1. The Kier molecular flexibility index (Phi) is 5.30. The number of nitrogens with one attached hydrogen (secondary N) is 2. The summed E-state index contributed by atoms with van der Waals surface area (Å²) in [5.74, 6) is 2.11. The predicted octanol–water partition coefficient (Wildman–Crippen LogP) is 3.39. The van der Waals surface area contributed by atoms with Crippen molar-refractivity contribution in [3.63, 3.8) is 0 Å². The Balaban J connectivity index is 1.40. The average Bonchev–Trinajstić information content (AvgIpc) is 3.42. The number of carbonyl (C=O) groups excluding carboxylic acids is 1. The molecule has 0 spiro atoms. The molecule has 144 valence electrons. The number of carbonyl (C=O) groups is 1. The molecule has 2 N–H and O–H groups in total. The minimum Gasteiger partial charge on any atom is -0.467 e. The first-order valence-electron chi connectivity index (χ1n) is 9.21. The molecule has 0 fully saturated rings. The second-order valence-electron chi connectivity index (χ2n) is 6.65. The van der Waals surface area contributed by atoms with Crippen molar-refractivity contribution in [3.05, 3.63) is 83.8 Å². The smallest absolute Gasteiger partial charge is 0.237 e. The van der Waals surface area contributed by atoms with Crippen LogP contribution in [0.3, 0.4) is 0 Å². The van der Waals surface area contributed by atoms with Crippen LogP contribution in [-0.2, 0) is 11.3 Å². The zero-order valence-electron chi connectivity index (χ0n) is 15.6. The van der Waals surface area contributed by atoms with E-state index in [2.05, 4.69) is 10.6 Å². The van der Waals surface area contributed by atoms with E-state index < -0.39 is 6.04 Å². The highest BCUT2D eigenvalue weighted by atomic mass is 16.7. The number of ether oxygens (including phenoxy) is 2. The van der Waals surface area contributed by atoms with E-state index in [0.29, 0.717) is 12.3 Å². The van der Waals surface area contributed by atoms with Crippen molar-refractivity contribution in [2.24, 2.45) is 0 Å². The Morgan fingerprint density at radius 3 is 2.64 bits per heavy atom. The first-order valence-corrected chi connectivity index (χ1v) is 9.21. The van der Waals surface area contributed by atoms with Crippen LogP contribution in [0.25, 0.3) is 0 Å². The molecule has 1 amide bonds. The van der Waals surface area contributed by atoms with Gasteiger partial charge in [0.05, 0.1) is 18.3 Å². The Morgan fingerprint density at radius 2 is 1.86 bits per heavy atom. The minimum absolute atomic E-state index is 0.0924. The standard InChI is InChI=1S/C22H22N2O4/c1-15(22(25)23-13-16-9-10-18-20(12-16)28-14-27-18)24-21(19-8-5-11-26-19)17-6-3-2-4-7-17/h2-12,15,21,24H,13-14H2,1H3,(H,23,25)/t15-,21-/m1/s1. The van der Waals surface area contributed by atoms with E-state index in [1.54, 1.807) is 6.26 Å². The Labute approximate surface area is 163 Å². The summed E-state index contributed by atoms with van der Waals surface area (Å²) in [7, 11) is 0. The van der Waals surface area contributed by atoms with E-state index in [9.17, 15) is 4.79 Å². The van der Waals surface area contributed by atoms with Crippen molar-refractivity contribution in [1.29, 1.82) is 0 Å². The van der Waals surface area contributed by atoms with Gasteiger partial charge in [0.1, 0.15) is 5.76 Å². The summed E-state index contributed by atoms with van der Waals surface area (Å²) in [6.45, 7) is 2.49. The quantitative estimate of drug-likeness (QED) is 0.659. The highest BCUT2D eigenvalue weighted by Gasteiger charge is 2.22. The second-order valence-corrected chi connectivity index (χ2v) is 6.65. The fourth-order valence-electron chi connectivity index (χ4n) is 3.16. The first-order chi connectivity index (χ1) is 13.7. The average molecular weight is 378 g/mol. The van der Waals surface area contributed by atoms with Crippen molar-refractivity contribution in [2.75, 3.05) is 6.79 Å². The topological polar surface area (TPSA) is 72.7 Å². The molecular formula is C22H22N2O4. The van der Waals surface area contributed by atoms with Crippen LogP contribution < -0.4 is 20.1 Å². The molecule has 0 unspecified atom stereocenters. The van der Waals surface area contributed by atoms with Gasteiger partial charge in [-0.1, -0.05) is 36.4 Å². The van der Waals surface area contributed by atoms with Crippen LogP contribution in [0, 0.1) is 0 Å². The van der Waals surface area contributed by atoms with Gasteiger partial charge in [0, 0.05) is 6.54 Å². The molecule has 0 saturated heterocycles. The lowest BCUT2D eigenvalue weighted by molar-refractivity contribution is -0.123. The monoisotopic (exact) mass is 378 g/mol. The van der Waals surface area contributed by atoms with Crippen LogP contribution in [0.2, 0.25) is 0 Å². The van der Waals surface area contributed by atoms with Crippen LogP contribution in [0.5, 0.6) is 11.5 Å². The molecule has 28 heavy (non-hydrogen) atoms. The molecule has 6 nitrogen and oxygen atoms in total. The number of hydrogen-bond donors (Lipinski definition) is 2. The third-order valence-corrected chi connectivity index (χ3v) is 4.67. The summed E-state index contributed by atoms with van der Waals surface area (Å²) in [4.78, 5) is 12.6. The van der Waals surface area contributed by atoms with Gasteiger partial charge in [-0.25, -0.2) is 0 Å². The van der Waals surface area contributed by atoms with Gasteiger partial charge in [0.25, 0.3) is 0 Å². The van der Waals surface area contributed by atoms with Crippen LogP contribution in [0.1, 0.15) is 29.9 Å². The van der Waals surface area contributed by atoms with Gasteiger partial charge in [-0.3, -0.25) is 10.1 Å². The van der Waals surface area contributed by atoms with Gasteiger partial charge in [-0.2, -0.15) is 0 Å². The summed E-state index contributed by atoms with van der Waals surface area (Å²) in [5.41, 5.74) is 1.99. The third-order valence-electron chi connectivity index (χ3n) is 4.67. The number of fused-ring (bicyclic) bond motifs is 1. The Hall–Kier alpha value is -3.25. The van der Waals surface area contributed by atoms with Gasteiger partial charge >= 0.3 is 0 Å². The molecule has 3 aromatic rings. The number of rotatable bonds is 7. The highest BCUT2D eigenvalue weighted by molar-refractivity contribution is 5.81. The molecule has 0 saturated carbocycles. The summed E-state index contributed by atoms with van der Waals surface area (Å²) < 4.78 is 16.3. The molecule has 0 bridgehead atoms. The number of furan rings is 1. The zero-order valence-corrected chi connectivity index (χ0v) is 15.6. The minimum atomic E-state index is -0.413. The molecule has 0 radical (unpaired) electrons. The molecule has 6 heteroatoms. The van der Waals surface area contributed by atoms with Crippen molar-refractivity contribution in [1.82, 2.24) is 10.6 Å². The molecule has 0 aliphatic carbocycles. The van der Waals surface area contributed by atoms with E-state index in [-0.39, 0.29) is 18.7 Å². The maximum Gasteiger partial charge on any atom is 0.237 e. The maximum atomic E-state index is 12.6. The summed E-state index contributed by atoms with van der Waals surface area (Å²) in [6.07, 6.45) is 1.64. The van der Waals surface area contributed by atoms with Crippen molar-refractivity contribution in [2.45, 2.75) is 25.6 Å². The van der Waals surface area contributed by atoms with Crippen molar-refractivity contribution < 1.29 is 18.7 Å². The van der Waals surface area contributed by atoms with Crippen LogP contribution in [-0.4, -0.2) is 18.7 Å². The van der Waals surface area contributed by atoms with E-state index in [1.165, 1.54) is 0 Å². The third kappa shape index (κ3) is 4.02. The lowest BCUT2D eigenvalue weighted by atomic mass is 10.0. The van der Waals surface area contributed by atoms with Crippen molar-refractivity contribution >= 4 is 5.91 Å². The van der Waals surface area contributed by atoms with E-state index in [4.69, 9.17) is 13.9 Å². The Bertz CT molecular complexity index is 925. The molecule has 1 aliphatic rings. The summed E-state index contributed by atoms with van der Waals surface area (Å²) in [6, 6.07) is 18.7. The van der Waals surface area contributed by atoms with Crippen LogP contribution in [0.4, 0.5) is 0 Å². The molecule has 2 aromatic carbocycles. The largest absolute Gasteiger partial charge is 0.467 e. The van der Waals surface area contributed by atoms with Crippen molar-refractivity contribution in [3.8, 4) is 11.5 Å². The van der Waals surface area contributed by atoms with Gasteiger partial charge in [0.2, 0.25) is 12.7 Å². The van der Waals surface area contributed by atoms with Gasteiger partial charge in [0.15, 0.2) is 11.5 Å². The number of benzene rings is 2. The summed E-state index contributed by atoms with van der Waals surface area (Å²) in [5, 5.41) is 6.33. The first kappa shape index (κ1) is 18.1. The lowest BCUT2D eigenvalue weighted by Crippen LogP contribution is -2.43. The molecule has 4 rings (SSSR count). The SMILES string of the molecule is C[C@@H](N[C@H](c1ccccc1)c1ccco1)C(=O)NCc1ccc2c(c1)OCO2. The fraction of sp³-hybridized carbons (Fsp3) is 0.227. The van der Waals surface area contributed by atoms with Gasteiger partial charge in [-0.15, -0.1) is 0 Å². The number of hydrogen-bond acceptors (Lipinski definition) is 5. The van der Waals surface area contributed by atoms with Crippen LogP contribution in [0.15, 0.2) is 71.3 Å². The highest BCUT2D eigenvalue weighted by Crippen LogP contribution is 2.32.